The summed E-state index contributed by atoms with van der Waals surface area (Å²) in [6, 6.07) is -0.113. The van der Waals surface area contributed by atoms with Crippen molar-refractivity contribution in [1.82, 2.24) is 5.32 Å². The quantitative estimate of drug-likeness (QED) is 0.819. The molecule has 0 radical (unpaired) electrons. The van der Waals surface area contributed by atoms with Gasteiger partial charge in [-0.15, -0.1) is 0 Å². The molecule has 2 aliphatic rings. The van der Waals surface area contributed by atoms with Gasteiger partial charge in [-0.3, -0.25) is 4.79 Å². The van der Waals surface area contributed by atoms with Crippen LogP contribution in [0.1, 0.15) is 51.9 Å². The molecule has 4 nitrogen and oxygen atoms in total. The van der Waals surface area contributed by atoms with E-state index in [2.05, 4.69) is 5.32 Å². The SMILES string of the molecule is CC(O)C(NC(=O)C1CCCCC1)C1CCOCC1. The summed E-state index contributed by atoms with van der Waals surface area (Å²) >= 11 is 0. The van der Waals surface area contributed by atoms with Crippen LogP contribution in [0.4, 0.5) is 0 Å². The second kappa shape index (κ2) is 7.25. The van der Waals surface area contributed by atoms with Gasteiger partial charge in [-0.05, 0) is 38.5 Å². The zero-order valence-corrected chi connectivity index (χ0v) is 11.9. The number of amides is 1. The van der Waals surface area contributed by atoms with Crippen molar-refractivity contribution < 1.29 is 14.6 Å². The molecule has 1 heterocycles. The van der Waals surface area contributed by atoms with E-state index in [1.165, 1.54) is 6.42 Å². The molecule has 0 aromatic carbocycles. The third kappa shape index (κ3) is 4.18. The van der Waals surface area contributed by atoms with Crippen LogP contribution < -0.4 is 5.32 Å². The zero-order chi connectivity index (χ0) is 13.7. The number of hydrogen-bond acceptors (Lipinski definition) is 3. The molecule has 0 aromatic rings. The molecule has 19 heavy (non-hydrogen) atoms. The maximum absolute atomic E-state index is 12.3. The monoisotopic (exact) mass is 269 g/mol. The van der Waals surface area contributed by atoms with Crippen LogP contribution in [0.2, 0.25) is 0 Å². The van der Waals surface area contributed by atoms with Gasteiger partial charge in [-0.25, -0.2) is 0 Å². The lowest BCUT2D eigenvalue weighted by Gasteiger charge is -2.34. The first-order chi connectivity index (χ1) is 9.18. The fourth-order valence-corrected chi connectivity index (χ4v) is 3.35. The van der Waals surface area contributed by atoms with Crippen LogP contribution in [0, 0.1) is 11.8 Å². The van der Waals surface area contributed by atoms with Crippen molar-refractivity contribution in [3.8, 4) is 0 Å². The Morgan fingerprint density at radius 1 is 1.16 bits per heavy atom. The highest BCUT2D eigenvalue weighted by atomic mass is 16.5. The van der Waals surface area contributed by atoms with Gasteiger partial charge < -0.3 is 15.2 Å². The molecule has 0 aromatic heterocycles. The van der Waals surface area contributed by atoms with Gasteiger partial charge in [-0.1, -0.05) is 19.3 Å². The van der Waals surface area contributed by atoms with E-state index in [4.69, 9.17) is 4.74 Å². The molecule has 1 saturated carbocycles. The van der Waals surface area contributed by atoms with E-state index >= 15 is 0 Å². The molecule has 1 saturated heterocycles. The Bertz CT molecular complexity index is 281. The lowest BCUT2D eigenvalue weighted by Crippen LogP contribution is -2.50. The summed E-state index contributed by atoms with van der Waals surface area (Å²) in [5.74, 6) is 0.660. The highest BCUT2D eigenvalue weighted by molar-refractivity contribution is 5.79. The normalized spacial score (nSPS) is 25.8. The van der Waals surface area contributed by atoms with Gasteiger partial charge >= 0.3 is 0 Å². The van der Waals surface area contributed by atoms with Gasteiger partial charge in [0.15, 0.2) is 0 Å². The second-order valence-electron chi connectivity index (χ2n) is 6.06. The molecule has 1 aliphatic carbocycles. The maximum atomic E-state index is 12.3. The van der Waals surface area contributed by atoms with Crippen molar-refractivity contribution in [2.45, 2.75) is 64.0 Å². The van der Waals surface area contributed by atoms with Crippen molar-refractivity contribution in [3.05, 3.63) is 0 Å². The third-order valence-electron chi connectivity index (χ3n) is 4.58. The Kier molecular flexibility index (Phi) is 5.64. The summed E-state index contributed by atoms with van der Waals surface area (Å²) in [7, 11) is 0. The van der Waals surface area contributed by atoms with Gasteiger partial charge in [0, 0.05) is 19.1 Å². The predicted octanol–water partition coefficient (Wildman–Crippen LogP) is 1.86. The first-order valence-electron chi connectivity index (χ1n) is 7.74. The molecule has 0 bridgehead atoms. The molecule has 110 valence electrons. The van der Waals surface area contributed by atoms with E-state index < -0.39 is 6.10 Å². The zero-order valence-electron chi connectivity index (χ0n) is 11.9. The topological polar surface area (TPSA) is 58.6 Å². The molecule has 0 spiro atoms. The van der Waals surface area contributed by atoms with E-state index in [1.54, 1.807) is 6.92 Å². The fourth-order valence-electron chi connectivity index (χ4n) is 3.35. The van der Waals surface area contributed by atoms with E-state index in [0.29, 0.717) is 5.92 Å². The lowest BCUT2D eigenvalue weighted by molar-refractivity contribution is -0.128. The van der Waals surface area contributed by atoms with Gasteiger partial charge in [0.1, 0.15) is 0 Å². The molecule has 1 aliphatic heterocycles. The van der Waals surface area contributed by atoms with Crippen molar-refractivity contribution in [2.24, 2.45) is 11.8 Å². The van der Waals surface area contributed by atoms with Crippen LogP contribution in [0.15, 0.2) is 0 Å². The second-order valence-corrected chi connectivity index (χ2v) is 6.06. The van der Waals surface area contributed by atoms with Gasteiger partial charge in [0.25, 0.3) is 0 Å². The Hall–Kier alpha value is -0.610. The van der Waals surface area contributed by atoms with Crippen molar-refractivity contribution in [2.75, 3.05) is 13.2 Å². The maximum Gasteiger partial charge on any atom is 0.223 e. The predicted molar refractivity (Wildman–Crippen MR) is 73.7 cm³/mol. The standard InChI is InChI=1S/C15H27NO3/c1-11(17)14(12-7-9-19-10-8-12)16-15(18)13-5-3-2-4-6-13/h11-14,17H,2-10H2,1H3,(H,16,18). The van der Waals surface area contributed by atoms with Crippen LogP contribution in [0.3, 0.4) is 0 Å². The lowest BCUT2D eigenvalue weighted by atomic mass is 9.86. The van der Waals surface area contributed by atoms with Gasteiger partial charge in [0.2, 0.25) is 5.91 Å². The van der Waals surface area contributed by atoms with E-state index in [9.17, 15) is 9.90 Å². The van der Waals surface area contributed by atoms with Crippen LogP contribution in [-0.4, -0.2) is 36.4 Å². The summed E-state index contributed by atoms with van der Waals surface area (Å²) in [5, 5.41) is 13.1. The molecular weight excluding hydrogens is 242 g/mol. The minimum Gasteiger partial charge on any atom is -0.391 e. The summed E-state index contributed by atoms with van der Waals surface area (Å²) in [4.78, 5) is 12.3. The molecule has 2 unspecified atom stereocenters. The third-order valence-corrected chi connectivity index (χ3v) is 4.58. The number of carbonyl (C=O) groups is 1. The largest absolute Gasteiger partial charge is 0.391 e. The van der Waals surface area contributed by atoms with Crippen LogP contribution in [-0.2, 0) is 9.53 Å². The van der Waals surface area contributed by atoms with Crippen molar-refractivity contribution >= 4 is 5.91 Å². The molecular formula is C15H27NO3. The highest BCUT2D eigenvalue weighted by Crippen LogP contribution is 2.26. The van der Waals surface area contributed by atoms with Crippen LogP contribution in [0.25, 0.3) is 0 Å². The molecule has 2 rings (SSSR count). The Labute approximate surface area is 115 Å². The van der Waals surface area contributed by atoms with E-state index in [1.807, 2.05) is 0 Å². The molecule has 2 atom stereocenters. The minimum atomic E-state index is -0.490. The van der Waals surface area contributed by atoms with Crippen molar-refractivity contribution in [3.63, 3.8) is 0 Å². The summed E-state index contributed by atoms with van der Waals surface area (Å²) in [6.45, 7) is 3.27. The summed E-state index contributed by atoms with van der Waals surface area (Å²) in [5.41, 5.74) is 0. The average molecular weight is 269 g/mol. The smallest absolute Gasteiger partial charge is 0.223 e. The molecule has 4 heteroatoms. The van der Waals surface area contributed by atoms with Crippen LogP contribution >= 0.6 is 0 Å². The molecule has 2 fully saturated rings. The Morgan fingerprint density at radius 2 is 1.79 bits per heavy atom. The van der Waals surface area contributed by atoms with Crippen molar-refractivity contribution in [1.29, 1.82) is 0 Å². The van der Waals surface area contributed by atoms with Crippen LogP contribution in [0.5, 0.6) is 0 Å². The Balaban J connectivity index is 1.89. The van der Waals surface area contributed by atoms with Gasteiger partial charge in [-0.2, -0.15) is 0 Å². The molecule has 1 amide bonds. The first-order valence-corrected chi connectivity index (χ1v) is 7.74. The minimum absolute atomic E-state index is 0.113. The number of aliphatic hydroxyl groups is 1. The summed E-state index contributed by atoms with van der Waals surface area (Å²) in [6.07, 6.45) is 6.96. The molecule has 2 N–H and O–H groups in total. The highest BCUT2D eigenvalue weighted by Gasteiger charge is 2.31. The van der Waals surface area contributed by atoms with E-state index in [0.717, 1.165) is 51.7 Å². The number of nitrogens with one attached hydrogen (secondary N) is 1. The summed E-state index contributed by atoms with van der Waals surface area (Å²) < 4.78 is 5.36. The fraction of sp³-hybridized carbons (Fsp3) is 0.933. The number of hydrogen-bond donors (Lipinski definition) is 2. The number of ether oxygens (including phenoxy) is 1. The number of rotatable bonds is 4. The number of carbonyl (C=O) groups excluding carboxylic acids is 1. The number of aliphatic hydroxyl groups excluding tert-OH is 1. The van der Waals surface area contributed by atoms with Gasteiger partial charge in [0.05, 0.1) is 12.1 Å². The average Bonchev–Trinajstić information content (AvgIpc) is 2.46. The Morgan fingerprint density at radius 3 is 2.37 bits per heavy atom. The van der Waals surface area contributed by atoms with E-state index in [-0.39, 0.29) is 17.9 Å². The first kappa shape index (κ1) is 14.8.